The highest BCUT2D eigenvalue weighted by atomic mass is 19.3. The Morgan fingerprint density at radius 3 is 2.32 bits per heavy atom. The number of nitrogens with zero attached hydrogens (tertiary/aromatic N) is 4. The summed E-state index contributed by atoms with van der Waals surface area (Å²) in [7, 11) is 1.52. The second kappa shape index (κ2) is 11.2. The van der Waals surface area contributed by atoms with E-state index in [1.165, 1.54) is 20.0 Å². The molecule has 0 atom stereocenters. The lowest BCUT2D eigenvalue weighted by atomic mass is 10.1. The fraction of sp³-hybridized carbons (Fsp3) is 0.481. The molecule has 7 nitrogen and oxygen atoms in total. The minimum absolute atomic E-state index is 0.0859. The van der Waals surface area contributed by atoms with Crippen molar-refractivity contribution >= 4 is 28.4 Å². The molecule has 0 aliphatic carbocycles. The van der Waals surface area contributed by atoms with E-state index in [2.05, 4.69) is 20.2 Å². The van der Waals surface area contributed by atoms with Gasteiger partial charge in [-0.25, -0.2) is 22.5 Å². The molecule has 0 unspecified atom stereocenters. The van der Waals surface area contributed by atoms with E-state index in [9.17, 15) is 17.6 Å². The summed E-state index contributed by atoms with van der Waals surface area (Å²) in [6.07, 6.45) is 2.71. The maximum Gasteiger partial charge on any atom is 0.251 e. The zero-order chi connectivity index (χ0) is 26.7. The Bertz CT molecular complexity index is 1260. The lowest BCUT2D eigenvalue weighted by Crippen LogP contribution is -2.40. The van der Waals surface area contributed by atoms with E-state index in [0.717, 1.165) is 44.3 Å². The molecular formula is C27H31F4N5O2. The van der Waals surface area contributed by atoms with Crippen molar-refractivity contribution in [3.05, 3.63) is 42.0 Å². The van der Waals surface area contributed by atoms with Crippen LogP contribution in [0.1, 0.15) is 32.1 Å². The Labute approximate surface area is 218 Å². The van der Waals surface area contributed by atoms with Gasteiger partial charge in [-0.2, -0.15) is 4.98 Å². The van der Waals surface area contributed by atoms with Crippen LogP contribution in [-0.4, -0.2) is 67.2 Å². The molecule has 1 aromatic heterocycles. The largest absolute Gasteiger partial charge is 0.493 e. The van der Waals surface area contributed by atoms with Crippen molar-refractivity contribution in [1.82, 2.24) is 14.9 Å². The molecule has 0 saturated carbocycles. The number of hydrogen-bond acceptors (Lipinski definition) is 7. The minimum Gasteiger partial charge on any atom is -0.493 e. The van der Waals surface area contributed by atoms with Gasteiger partial charge < -0.3 is 24.6 Å². The smallest absolute Gasteiger partial charge is 0.251 e. The first kappa shape index (κ1) is 26.3. The van der Waals surface area contributed by atoms with Gasteiger partial charge in [-0.05, 0) is 50.6 Å². The van der Waals surface area contributed by atoms with Gasteiger partial charge in [0.25, 0.3) is 5.92 Å². The van der Waals surface area contributed by atoms with Crippen LogP contribution in [0.2, 0.25) is 0 Å². The Balaban J connectivity index is 1.46. The summed E-state index contributed by atoms with van der Waals surface area (Å²) in [6, 6.07) is 6.50. The summed E-state index contributed by atoms with van der Waals surface area (Å²) >= 11 is 0. The van der Waals surface area contributed by atoms with Crippen LogP contribution in [0.5, 0.6) is 11.5 Å². The predicted octanol–water partition coefficient (Wildman–Crippen LogP) is 5.76. The minimum atomic E-state index is -2.73. The number of piperidine rings is 1. The summed E-state index contributed by atoms with van der Waals surface area (Å²) in [4.78, 5) is 13.3. The average molecular weight is 534 g/mol. The van der Waals surface area contributed by atoms with Gasteiger partial charge >= 0.3 is 0 Å². The van der Waals surface area contributed by atoms with Gasteiger partial charge in [0, 0.05) is 55.7 Å². The van der Waals surface area contributed by atoms with E-state index < -0.39 is 17.6 Å². The molecule has 0 bridgehead atoms. The van der Waals surface area contributed by atoms with Crippen LogP contribution >= 0.6 is 0 Å². The lowest BCUT2D eigenvalue weighted by Gasteiger charge is -2.32. The quantitative estimate of drug-likeness (QED) is 0.277. The summed E-state index contributed by atoms with van der Waals surface area (Å²) in [5, 5.41) is 3.50. The van der Waals surface area contributed by atoms with Crippen molar-refractivity contribution < 1.29 is 27.0 Å². The highest BCUT2D eigenvalue weighted by Crippen LogP contribution is 2.37. The first-order chi connectivity index (χ1) is 18.3. The molecule has 2 aliphatic rings. The Kier molecular flexibility index (Phi) is 7.73. The molecule has 2 fully saturated rings. The fourth-order valence-electron chi connectivity index (χ4n) is 4.91. The van der Waals surface area contributed by atoms with Crippen LogP contribution in [0.15, 0.2) is 30.3 Å². The molecule has 5 rings (SSSR count). The standard InChI is InChI=1S/C27H31F4N5O2/c1-37-23-16-21-22(17-24(23)38-12-4-9-35-7-2-3-8-35)33-26(36-10-5-27(30,31)6-11-36)34-25(21)32-20-14-18(28)13-19(29)15-20/h13-17H,2-12H2,1H3,(H,32,33,34). The first-order valence-electron chi connectivity index (χ1n) is 12.9. The SMILES string of the molecule is COc1cc2c(Nc3cc(F)cc(F)c3)nc(N3CCC(F)(F)CC3)nc2cc1OCCCN1CCCC1. The van der Waals surface area contributed by atoms with E-state index in [-0.39, 0.29) is 43.4 Å². The van der Waals surface area contributed by atoms with Crippen LogP contribution < -0.4 is 19.7 Å². The van der Waals surface area contributed by atoms with Gasteiger partial charge in [0.1, 0.15) is 17.5 Å². The molecule has 11 heteroatoms. The first-order valence-corrected chi connectivity index (χ1v) is 12.9. The number of aromatic nitrogens is 2. The molecule has 3 aromatic rings. The predicted molar refractivity (Wildman–Crippen MR) is 138 cm³/mol. The number of fused-ring (bicyclic) bond motifs is 1. The van der Waals surface area contributed by atoms with Gasteiger partial charge in [0.15, 0.2) is 11.5 Å². The van der Waals surface area contributed by atoms with Gasteiger partial charge in [0.05, 0.1) is 19.2 Å². The molecule has 1 N–H and O–H groups in total. The second-order valence-corrected chi connectivity index (χ2v) is 9.77. The molecule has 38 heavy (non-hydrogen) atoms. The van der Waals surface area contributed by atoms with Crippen molar-refractivity contribution in [2.45, 2.75) is 38.0 Å². The van der Waals surface area contributed by atoms with Crippen LogP contribution in [0.4, 0.5) is 35.0 Å². The van der Waals surface area contributed by atoms with Gasteiger partial charge in [-0.15, -0.1) is 0 Å². The molecule has 2 aliphatic heterocycles. The highest BCUT2D eigenvalue weighted by molar-refractivity contribution is 5.94. The topological polar surface area (TPSA) is 62.8 Å². The number of methoxy groups -OCH3 is 1. The van der Waals surface area contributed by atoms with Crippen molar-refractivity contribution in [1.29, 1.82) is 0 Å². The van der Waals surface area contributed by atoms with Crippen LogP contribution in [0, 0.1) is 11.6 Å². The van der Waals surface area contributed by atoms with Gasteiger partial charge in [-0.3, -0.25) is 0 Å². The summed E-state index contributed by atoms with van der Waals surface area (Å²) in [5.74, 6) is -2.74. The number of likely N-dealkylation sites (tertiary alicyclic amines) is 1. The number of anilines is 3. The van der Waals surface area contributed by atoms with E-state index in [1.807, 2.05) is 0 Å². The van der Waals surface area contributed by atoms with E-state index >= 15 is 0 Å². The molecule has 0 spiro atoms. The number of alkyl halides is 2. The van der Waals surface area contributed by atoms with Crippen LogP contribution in [0.25, 0.3) is 10.9 Å². The Morgan fingerprint density at radius 1 is 0.921 bits per heavy atom. The van der Waals surface area contributed by atoms with E-state index in [4.69, 9.17) is 9.47 Å². The van der Waals surface area contributed by atoms with Crippen molar-refractivity contribution in [3.8, 4) is 11.5 Å². The third kappa shape index (κ3) is 6.20. The maximum absolute atomic E-state index is 13.9. The molecular weight excluding hydrogens is 502 g/mol. The van der Waals surface area contributed by atoms with Gasteiger partial charge in [0.2, 0.25) is 5.95 Å². The van der Waals surface area contributed by atoms with Crippen LogP contribution in [0.3, 0.4) is 0 Å². The molecule has 2 aromatic carbocycles. The molecule has 204 valence electrons. The number of rotatable bonds is 9. The van der Waals surface area contributed by atoms with Crippen molar-refractivity contribution in [2.24, 2.45) is 0 Å². The molecule has 0 amide bonds. The maximum atomic E-state index is 13.9. The molecule has 0 radical (unpaired) electrons. The zero-order valence-electron chi connectivity index (χ0n) is 21.3. The van der Waals surface area contributed by atoms with Crippen LogP contribution in [-0.2, 0) is 0 Å². The molecule has 3 heterocycles. The normalized spacial score (nSPS) is 17.7. The third-order valence-corrected chi connectivity index (χ3v) is 6.95. The second-order valence-electron chi connectivity index (χ2n) is 9.77. The van der Waals surface area contributed by atoms with Crippen molar-refractivity contribution in [3.63, 3.8) is 0 Å². The fourth-order valence-corrected chi connectivity index (χ4v) is 4.91. The summed E-state index contributed by atoms with van der Waals surface area (Å²) < 4.78 is 66.9. The third-order valence-electron chi connectivity index (χ3n) is 6.95. The number of halogens is 4. The molecule has 2 saturated heterocycles. The number of benzene rings is 2. The number of hydrogen-bond donors (Lipinski definition) is 1. The van der Waals surface area contributed by atoms with E-state index in [1.54, 1.807) is 17.0 Å². The Morgan fingerprint density at radius 2 is 1.63 bits per heavy atom. The van der Waals surface area contributed by atoms with E-state index in [0.29, 0.717) is 29.0 Å². The summed E-state index contributed by atoms with van der Waals surface area (Å²) in [5.41, 5.74) is 0.641. The average Bonchev–Trinajstić information content (AvgIpc) is 3.39. The number of ether oxygens (including phenoxy) is 2. The Hall–Kier alpha value is -3.34. The highest BCUT2D eigenvalue weighted by Gasteiger charge is 2.35. The summed E-state index contributed by atoms with van der Waals surface area (Å²) in [6.45, 7) is 3.86. The number of nitrogens with one attached hydrogen (secondary N) is 1. The monoisotopic (exact) mass is 533 g/mol. The zero-order valence-corrected chi connectivity index (χ0v) is 21.3. The lowest BCUT2D eigenvalue weighted by molar-refractivity contribution is -0.0222. The van der Waals surface area contributed by atoms with Crippen molar-refractivity contribution in [2.75, 3.05) is 56.7 Å². The van der Waals surface area contributed by atoms with Gasteiger partial charge in [-0.1, -0.05) is 0 Å².